The van der Waals surface area contributed by atoms with Crippen LogP contribution in [0.25, 0.3) is 11.3 Å². The van der Waals surface area contributed by atoms with E-state index >= 15 is 0 Å². The van der Waals surface area contributed by atoms with Crippen molar-refractivity contribution in [1.82, 2.24) is 15.3 Å². The van der Waals surface area contributed by atoms with Gasteiger partial charge >= 0.3 is 0 Å². The number of aromatic nitrogens is 2. The Kier molecular flexibility index (Phi) is 6.27. The van der Waals surface area contributed by atoms with Gasteiger partial charge in [-0.2, -0.15) is 0 Å². The molecule has 1 saturated heterocycles. The summed E-state index contributed by atoms with van der Waals surface area (Å²) in [5.41, 5.74) is 1.87. The first kappa shape index (κ1) is 21.0. The molecule has 7 nitrogen and oxygen atoms in total. The van der Waals surface area contributed by atoms with Gasteiger partial charge in [-0.25, -0.2) is 18.4 Å². The Hall–Kier alpha value is -3.26. The second-order valence-electron chi connectivity index (χ2n) is 7.49. The van der Waals surface area contributed by atoms with Crippen LogP contribution in [0, 0.1) is 0 Å². The van der Waals surface area contributed by atoms with Crippen LogP contribution < -0.4 is 10.2 Å². The van der Waals surface area contributed by atoms with Crippen molar-refractivity contribution in [3.8, 4) is 11.3 Å². The topological polar surface area (TPSA) is 92.3 Å². The third-order valence-corrected chi connectivity index (χ3v) is 6.98. The summed E-state index contributed by atoms with van der Waals surface area (Å²) in [4.78, 5) is 23.7. The number of carbonyl (C=O) groups excluding carboxylic acids is 1. The van der Waals surface area contributed by atoms with Crippen molar-refractivity contribution < 1.29 is 13.2 Å². The Morgan fingerprint density at radius 2 is 1.74 bits per heavy atom. The fourth-order valence-electron chi connectivity index (χ4n) is 3.60. The number of rotatable bonds is 7. The quantitative estimate of drug-likeness (QED) is 0.612. The van der Waals surface area contributed by atoms with Gasteiger partial charge in [0.2, 0.25) is 11.9 Å². The number of hydrogen-bond acceptors (Lipinski definition) is 6. The summed E-state index contributed by atoms with van der Waals surface area (Å²) in [6.07, 6.45) is 2.44. The highest BCUT2D eigenvalue weighted by molar-refractivity contribution is 7.91. The zero-order valence-electron chi connectivity index (χ0n) is 17.0. The summed E-state index contributed by atoms with van der Waals surface area (Å²) in [6.45, 7) is 1.32. The average molecular weight is 437 g/mol. The second kappa shape index (κ2) is 9.26. The van der Waals surface area contributed by atoms with Crippen LogP contribution in [0.5, 0.6) is 0 Å². The SMILES string of the molecule is O=C(CCS(=O)(=O)c1ccccc1)NC1CCN(c2nccc(-c3ccccc3)n2)C1. The first-order valence-corrected chi connectivity index (χ1v) is 11.9. The van der Waals surface area contributed by atoms with Crippen LogP contribution in [0.4, 0.5) is 5.95 Å². The van der Waals surface area contributed by atoms with Crippen molar-refractivity contribution in [2.45, 2.75) is 23.8 Å². The lowest BCUT2D eigenvalue weighted by atomic mass is 10.1. The number of nitrogens with zero attached hydrogens (tertiary/aromatic N) is 3. The molecular weight excluding hydrogens is 412 g/mol. The standard InChI is InChI=1S/C23H24N4O3S/c28-22(13-16-31(29,30)20-9-5-2-6-10-20)25-19-12-15-27(17-19)23-24-14-11-21(26-23)18-7-3-1-4-8-18/h1-11,14,19H,12-13,15-17H2,(H,25,28). The Balaban J connectivity index is 1.32. The minimum atomic E-state index is -3.47. The van der Waals surface area contributed by atoms with Crippen molar-refractivity contribution in [3.05, 3.63) is 72.9 Å². The van der Waals surface area contributed by atoms with Crippen molar-refractivity contribution in [2.75, 3.05) is 23.7 Å². The van der Waals surface area contributed by atoms with E-state index < -0.39 is 9.84 Å². The highest BCUT2D eigenvalue weighted by Crippen LogP contribution is 2.21. The predicted octanol–water partition coefficient (Wildman–Crippen LogP) is 2.70. The molecule has 2 heterocycles. The number of amides is 1. The van der Waals surface area contributed by atoms with Crippen LogP contribution in [0.15, 0.2) is 77.8 Å². The molecule has 1 unspecified atom stereocenters. The zero-order chi connectivity index (χ0) is 21.7. The lowest BCUT2D eigenvalue weighted by Crippen LogP contribution is -2.38. The van der Waals surface area contributed by atoms with Crippen molar-refractivity contribution >= 4 is 21.7 Å². The van der Waals surface area contributed by atoms with E-state index in [9.17, 15) is 13.2 Å². The van der Waals surface area contributed by atoms with Gasteiger partial charge in [0.05, 0.1) is 16.3 Å². The molecule has 1 N–H and O–H groups in total. The zero-order valence-corrected chi connectivity index (χ0v) is 17.8. The van der Waals surface area contributed by atoms with Crippen LogP contribution in [0.3, 0.4) is 0 Å². The van der Waals surface area contributed by atoms with E-state index in [0.29, 0.717) is 12.5 Å². The molecule has 1 fully saturated rings. The maximum atomic E-state index is 12.4. The van der Waals surface area contributed by atoms with Crippen molar-refractivity contribution in [3.63, 3.8) is 0 Å². The highest BCUT2D eigenvalue weighted by atomic mass is 32.2. The van der Waals surface area contributed by atoms with Crippen LogP contribution in [0.1, 0.15) is 12.8 Å². The number of benzene rings is 2. The Labute approximate surface area is 182 Å². The smallest absolute Gasteiger partial charge is 0.225 e. The van der Waals surface area contributed by atoms with E-state index in [1.54, 1.807) is 36.5 Å². The molecule has 1 aliphatic rings. The number of sulfone groups is 1. The van der Waals surface area contributed by atoms with Crippen LogP contribution in [-0.2, 0) is 14.6 Å². The van der Waals surface area contributed by atoms with Gasteiger partial charge in [-0.1, -0.05) is 48.5 Å². The molecule has 2 aromatic carbocycles. The van der Waals surface area contributed by atoms with E-state index in [0.717, 1.165) is 24.2 Å². The van der Waals surface area contributed by atoms with E-state index in [-0.39, 0.29) is 29.0 Å². The summed E-state index contributed by atoms with van der Waals surface area (Å²) in [5.74, 6) is 0.164. The number of anilines is 1. The first-order valence-electron chi connectivity index (χ1n) is 10.2. The lowest BCUT2D eigenvalue weighted by molar-refractivity contribution is -0.121. The highest BCUT2D eigenvalue weighted by Gasteiger charge is 2.26. The molecule has 0 spiro atoms. The molecule has 31 heavy (non-hydrogen) atoms. The van der Waals surface area contributed by atoms with Crippen LogP contribution in [-0.4, -0.2) is 49.2 Å². The average Bonchev–Trinajstić information content (AvgIpc) is 3.27. The molecule has 3 aromatic rings. The molecule has 1 aromatic heterocycles. The van der Waals surface area contributed by atoms with Crippen LogP contribution in [0.2, 0.25) is 0 Å². The summed E-state index contributed by atoms with van der Waals surface area (Å²) in [5, 5.41) is 2.95. The molecule has 1 amide bonds. The van der Waals surface area contributed by atoms with Gasteiger partial charge in [-0.15, -0.1) is 0 Å². The maximum Gasteiger partial charge on any atom is 0.225 e. The normalized spacial score (nSPS) is 16.3. The minimum absolute atomic E-state index is 0.0593. The van der Waals surface area contributed by atoms with Gasteiger partial charge in [-0.3, -0.25) is 4.79 Å². The van der Waals surface area contributed by atoms with E-state index in [2.05, 4.69) is 15.3 Å². The molecule has 1 aliphatic heterocycles. The monoisotopic (exact) mass is 436 g/mol. The largest absolute Gasteiger partial charge is 0.351 e. The number of carbonyl (C=O) groups is 1. The predicted molar refractivity (Wildman–Crippen MR) is 119 cm³/mol. The fourth-order valence-corrected chi connectivity index (χ4v) is 4.86. The summed E-state index contributed by atoms with van der Waals surface area (Å²) in [7, 11) is -3.47. The van der Waals surface area contributed by atoms with Crippen LogP contribution >= 0.6 is 0 Å². The van der Waals surface area contributed by atoms with Crippen molar-refractivity contribution in [1.29, 1.82) is 0 Å². The Bertz CT molecular complexity index is 1140. The lowest BCUT2D eigenvalue weighted by Gasteiger charge is -2.17. The maximum absolute atomic E-state index is 12.4. The summed E-state index contributed by atoms with van der Waals surface area (Å²) in [6, 6.07) is 19.9. The van der Waals surface area contributed by atoms with Gasteiger partial charge in [-0.05, 0) is 24.6 Å². The van der Waals surface area contributed by atoms with Gasteiger partial charge in [0.1, 0.15) is 0 Å². The Morgan fingerprint density at radius 1 is 1.03 bits per heavy atom. The number of hydrogen-bond donors (Lipinski definition) is 1. The molecule has 4 rings (SSSR count). The molecule has 0 aliphatic carbocycles. The van der Waals surface area contributed by atoms with Gasteiger partial charge in [0, 0.05) is 37.3 Å². The van der Waals surface area contributed by atoms with Crippen molar-refractivity contribution in [2.24, 2.45) is 0 Å². The van der Waals surface area contributed by atoms with E-state index in [1.807, 2.05) is 41.3 Å². The third kappa shape index (κ3) is 5.27. The van der Waals surface area contributed by atoms with Gasteiger partial charge in [0.25, 0.3) is 0 Å². The third-order valence-electron chi connectivity index (χ3n) is 5.25. The molecule has 8 heteroatoms. The molecule has 0 radical (unpaired) electrons. The van der Waals surface area contributed by atoms with Gasteiger partial charge < -0.3 is 10.2 Å². The fraction of sp³-hybridized carbons (Fsp3) is 0.261. The van der Waals surface area contributed by atoms with Gasteiger partial charge in [0.15, 0.2) is 9.84 Å². The summed E-state index contributed by atoms with van der Waals surface area (Å²) >= 11 is 0. The number of nitrogens with one attached hydrogen (secondary N) is 1. The molecule has 0 saturated carbocycles. The second-order valence-corrected chi connectivity index (χ2v) is 9.60. The molecular formula is C23H24N4O3S. The minimum Gasteiger partial charge on any atom is -0.351 e. The summed E-state index contributed by atoms with van der Waals surface area (Å²) < 4.78 is 24.7. The van der Waals surface area contributed by atoms with E-state index in [4.69, 9.17) is 0 Å². The van der Waals surface area contributed by atoms with E-state index in [1.165, 1.54) is 0 Å². The molecule has 1 atom stereocenters. The Morgan fingerprint density at radius 3 is 2.48 bits per heavy atom. The first-order chi connectivity index (χ1) is 15.0. The molecule has 160 valence electrons. The molecule has 0 bridgehead atoms.